The molecule has 6 heteroatoms. The Bertz CT molecular complexity index is 809. The maximum atomic E-state index is 5.73. The van der Waals surface area contributed by atoms with Gasteiger partial charge in [-0.2, -0.15) is 0 Å². The minimum Gasteiger partial charge on any atom is -0.497 e. The van der Waals surface area contributed by atoms with Gasteiger partial charge in [-0.3, -0.25) is 0 Å². The molecule has 3 rings (SSSR count). The van der Waals surface area contributed by atoms with Crippen LogP contribution in [0.4, 0.5) is 11.4 Å². The summed E-state index contributed by atoms with van der Waals surface area (Å²) in [5.41, 5.74) is 3.11. The monoisotopic (exact) mass is 352 g/mol. The van der Waals surface area contributed by atoms with Gasteiger partial charge >= 0.3 is 0 Å². The van der Waals surface area contributed by atoms with Crippen LogP contribution in [0.15, 0.2) is 52.9 Å². The van der Waals surface area contributed by atoms with Crippen molar-refractivity contribution in [3.05, 3.63) is 54.4 Å². The van der Waals surface area contributed by atoms with Crippen molar-refractivity contribution in [2.75, 3.05) is 30.4 Å². The highest BCUT2D eigenvalue weighted by Gasteiger charge is 2.09. The predicted octanol–water partition coefficient (Wildman–Crippen LogP) is 4.20. The van der Waals surface area contributed by atoms with Gasteiger partial charge in [-0.15, -0.1) is 10.2 Å². The molecule has 2 aromatic carbocycles. The van der Waals surface area contributed by atoms with E-state index in [1.165, 1.54) is 5.69 Å². The standard InChI is InChI=1S/C20H24N4O2/c1-4-24(5-2)17-10-8-16(9-11-17)21-14-19-22-23-20(26-19)15-6-12-18(25-3)13-7-15/h6-13,21H,4-5,14H2,1-3H3. The second kappa shape index (κ2) is 8.38. The Labute approximate surface area is 153 Å². The Morgan fingerprint density at radius 2 is 1.65 bits per heavy atom. The summed E-state index contributed by atoms with van der Waals surface area (Å²) in [5, 5.41) is 11.5. The summed E-state index contributed by atoms with van der Waals surface area (Å²) < 4.78 is 10.9. The average Bonchev–Trinajstić information content (AvgIpc) is 3.17. The van der Waals surface area contributed by atoms with E-state index in [4.69, 9.17) is 9.15 Å². The van der Waals surface area contributed by atoms with Crippen LogP contribution in [0.1, 0.15) is 19.7 Å². The third-order valence-electron chi connectivity index (χ3n) is 4.24. The Morgan fingerprint density at radius 1 is 0.962 bits per heavy atom. The largest absolute Gasteiger partial charge is 0.497 e. The summed E-state index contributed by atoms with van der Waals surface area (Å²) in [5.74, 6) is 1.84. The van der Waals surface area contributed by atoms with Gasteiger partial charge in [-0.1, -0.05) is 0 Å². The van der Waals surface area contributed by atoms with E-state index in [2.05, 4.69) is 58.5 Å². The number of benzene rings is 2. The first-order valence-corrected chi connectivity index (χ1v) is 8.79. The third kappa shape index (κ3) is 4.14. The Hall–Kier alpha value is -3.02. The van der Waals surface area contributed by atoms with Crippen LogP contribution in [-0.4, -0.2) is 30.4 Å². The minimum absolute atomic E-state index is 0.480. The van der Waals surface area contributed by atoms with E-state index in [-0.39, 0.29) is 0 Å². The third-order valence-corrected chi connectivity index (χ3v) is 4.24. The lowest BCUT2D eigenvalue weighted by molar-refractivity contribution is 0.415. The van der Waals surface area contributed by atoms with Crippen LogP contribution in [0, 0.1) is 0 Å². The van der Waals surface area contributed by atoms with Crippen LogP contribution >= 0.6 is 0 Å². The highest BCUT2D eigenvalue weighted by atomic mass is 16.5. The summed E-state index contributed by atoms with van der Waals surface area (Å²) in [6, 6.07) is 15.9. The lowest BCUT2D eigenvalue weighted by Crippen LogP contribution is -2.21. The van der Waals surface area contributed by atoms with Gasteiger partial charge in [-0.25, -0.2) is 0 Å². The summed E-state index contributed by atoms with van der Waals surface area (Å²) in [6.45, 7) is 6.80. The normalized spacial score (nSPS) is 10.6. The summed E-state index contributed by atoms with van der Waals surface area (Å²) in [4.78, 5) is 2.31. The number of nitrogens with one attached hydrogen (secondary N) is 1. The molecule has 1 heterocycles. The molecule has 0 saturated heterocycles. The summed E-state index contributed by atoms with van der Waals surface area (Å²) in [6.07, 6.45) is 0. The van der Waals surface area contributed by atoms with Gasteiger partial charge in [-0.05, 0) is 62.4 Å². The zero-order chi connectivity index (χ0) is 18.4. The number of aromatic nitrogens is 2. The number of ether oxygens (including phenoxy) is 1. The van der Waals surface area contributed by atoms with E-state index in [0.29, 0.717) is 18.3 Å². The van der Waals surface area contributed by atoms with Crippen LogP contribution in [0.3, 0.4) is 0 Å². The van der Waals surface area contributed by atoms with Crippen molar-refractivity contribution in [1.82, 2.24) is 10.2 Å². The van der Waals surface area contributed by atoms with E-state index in [0.717, 1.165) is 30.1 Å². The predicted molar refractivity (Wildman–Crippen MR) is 104 cm³/mol. The number of hydrogen-bond donors (Lipinski definition) is 1. The van der Waals surface area contributed by atoms with E-state index in [9.17, 15) is 0 Å². The minimum atomic E-state index is 0.480. The first kappa shape index (κ1) is 17.8. The van der Waals surface area contributed by atoms with Gasteiger partial charge in [0.15, 0.2) is 0 Å². The van der Waals surface area contributed by atoms with Crippen LogP contribution in [0.2, 0.25) is 0 Å². The van der Waals surface area contributed by atoms with Crippen molar-refractivity contribution in [2.24, 2.45) is 0 Å². The lowest BCUT2D eigenvalue weighted by atomic mass is 10.2. The van der Waals surface area contributed by atoms with Gasteiger partial charge < -0.3 is 19.4 Å². The molecule has 3 aromatic rings. The molecule has 0 bridgehead atoms. The molecule has 136 valence electrons. The highest BCUT2D eigenvalue weighted by molar-refractivity contribution is 5.55. The van der Waals surface area contributed by atoms with Gasteiger partial charge in [0, 0.05) is 30.0 Å². The topological polar surface area (TPSA) is 63.4 Å². The fourth-order valence-corrected chi connectivity index (χ4v) is 2.73. The average molecular weight is 352 g/mol. The molecule has 0 saturated carbocycles. The molecule has 1 N–H and O–H groups in total. The molecule has 0 spiro atoms. The van der Waals surface area contributed by atoms with Crippen molar-refractivity contribution < 1.29 is 9.15 Å². The molecule has 0 atom stereocenters. The number of rotatable bonds is 8. The quantitative estimate of drug-likeness (QED) is 0.655. The number of anilines is 2. The maximum Gasteiger partial charge on any atom is 0.247 e. The Balaban J connectivity index is 1.60. The van der Waals surface area contributed by atoms with Crippen LogP contribution in [0.25, 0.3) is 11.5 Å². The second-order valence-electron chi connectivity index (χ2n) is 5.80. The SMILES string of the molecule is CCN(CC)c1ccc(NCc2nnc(-c3ccc(OC)cc3)o2)cc1. The lowest BCUT2D eigenvalue weighted by Gasteiger charge is -2.21. The molecule has 6 nitrogen and oxygen atoms in total. The fraction of sp³-hybridized carbons (Fsp3) is 0.300. The van der Waals surface area contributed by atoms with Crippen molar-refractivity contribution in [3.8, 4) is 17.2 Å². The van der Waals surface area contributed by atoms with Gasteiger partial charge in [0.1, 0.15) is 5.75 Å². The Kier molecular flexibility index (Phi) is 5.73. The molecule has 26 heavy (non-hydrogen) atoms. The van der Waals surface area contributed by atoms with Gasteiger partial charge in [0.05, 0.1) is 13.7 Å². The second-order valence-corrected chi connectivity index (χ2v) is 5.80. The van der Waals surface area contributed by atoms with Gasteiger partial charge in [0.25, 0.3) is 0 Å². The van der Waals surface area contributed by atoms with E-state index < -0.39 is 0 Å². The van der Waals surface area contributed by atoms with Crippen LogP contribution in [0.5, 0.6) is 5.75 Å². The molecule has 0 unspecified atom stereocenters. The van der Waals surface area contributed by atoms with E-state index >= 15 is 0 Å². The van der Waals surface area contributed by atoms with E-state index in [1.807, 2.05) is 24.3 Å². The van der Waals surface area contributed by atoms with Crippen molar-refractivity contribution in [2.45, 2.75) is 20.4 Å². The molecular formula is C20H24N4O2. The molecule has 0 fully saturated rings. The summed E-state index contributed by atoms with van der Waals surface area (Å²) in [7, 11) is 1.64. The molecule has 0 aliphatic rings. The summed E-state index contributed by atoms with van der Waals surface area (Å²) >= 11 is 0. The number of methoxy groups -OCH3 is 1. The Morgan fingerprint density at radius 3 is 2.27 bits per heavy atom. The van der Waals surface area contributed by atoms with E-state index in [1.54, 1.807) is 7.11 Å². The molecule has 0 aliphatic heterocycles. The van der Waals surface area contributed by atoms with Crippen molar-refractivity contribution >= 4 is 11.4 Å². The fourth-order valence-electron chi connectivity index (χ4n) is 2.73. The number of nitrogens with zero attached hydrogens (tertiary/aromatic N) is 3. The van der Waals surface area contributed by atoms with Crippen molar-refractivity contribution in [1.29, 1.82) is 0 Å². The highest BCUT2D eigenvalue weighted by Crippen LogP contribution is 2.22. The van der Waals surface area contributed by atoms with Crippen LogP contribution in [-0.2, 0) is 6.54 Å². The molecule has 0 radical (unpaired) electrons. The van der Waals surface area contributed by atoms with Crippen molar-refractivity contribution in [3.63, 3.8) is 0 Å². The molecular weight excluding hydrogens is 328 g/mol. The zero-order valence-corrected chi connectivity index (χ0v) is 15.4. The maximum absolute atomic E-state index is 5.73. The van der Waals surface area contributed by atoms with Gasteiger partial charge in [0.2, 0.25) is 11.8 Å². The van der Waals surface area contributed by atoms with Crippen LogP contribution < -0.4 is 15.0 Å². The first-order valence-electron chi connectivity index (χ1n) is 8.79. The zero-order valence-electron chi connectivity index (χ0n) is 15.4. The smallest absolute Gasteiger partial charge is 0.247 e. The molecule has 0 aliphatic carbocycles. The number of hydrogen-bond acceptors (Lipinski definition) is 6. The molecule has 1 aromatic heterocycles. The first-order chi connectivity index (χ1) is 12.7. The molecule has 0 amide bonds.